The van der Waals surface area contributed by atoms with Crippen molar-refractivity contribution < 1.29 is 19.4 Å². The number of esters is 1. The number of cyclic esters (lactones) is 1. The molecule has 0 amide bonds. The monoisotopic (exact) mass is 222 g/mol. The molecule has 1 heterocycles. The Bertz CT molecular complexity index is 349. The van der Waals surface area contributed by atoms with Crippen LogP contribution >= 0.6 is 0 Å². The van der Waals surface area contributed by atoms with Crippen molar-refractivity contribution in [3.8, 4) is 0 Å². The summed E-state index contributed by atoms with van der Waals surface area (Å²) in [6, 6.07) is 9.63. The maximum Gasteiger partial charge on any atom is 0.335 e. The van der Waals surface area contributed by atoms with Gasteiger partial charge in [0.15, 0.2) is 6.10 Å². The van der Waals surface area contributed by atoms with E-state index < -0.39 is 12.2 Å². The Hall–Kier alpha value is -1.39. The molecule has 16 heavy (non-hydrogen) atoms. The number of aliphatic hydroxyl groups excluding tert-OH is 1. The topological polar surface area (TPSA) is 55.8 Å². The van der Waals surface area contributed by atoms with Crippen LogP contribution in [0.25, 0.3) is 0 Å². The van der Waals surface area contributed by atoms with Crippen molar-refractivity contribution in [3.05, 3.63) is 35.9 Å². The van der Waals surface area contributed by atoms with Crippen LogP contribution in [-0.4, -0.2) is 29.9 Å². The van der Waals surface area contributed by atoms with E-state index in [4.69, 9.17) is 14.6 Å². The number of carbonyl (C=O) groups excluding carboxylic acids is 1. The minimum Gasteiger partial charge on any atom is -0.458 e. The van der Waals surface area contributed by atoms with E-state index >= 15 is 0 Å². The van der Waals surface area contributed by atoms with Gasteiger partial charge in [-0.05, 0) is 5.56 Å². The van der Waals surface area contributed by atoms with Crippen LogP contribution in [0.2, 0.25) is 0 Å². The van der Waals surface area contributed by atoms with Crippen molar-refractivity contribution in [2.45, 2.75) is 25.2 Å². The van der Waals surface area contributed by atoms with Gasteiger partial charge in [-0.25, -0.2) is 4.79 Å². The number of rotatable bonds is 4. The van der Waals surface area contributed by atoms with E-state index in [1.54, 1.807) is 0 Å². The molecule has 2 rings (SSSR count). The molecule has 0 aromatic heterocycles. The van der Waals surface area contributed by atoms with E-state index in [-0.39, 0.29) is 12.6 Å². The van der Waals surface area contributed by atoms with E-state index in [1.165, 1.54) is 0 Å². The number of hydrogen-bond donors (Lipinski definition) is 1. The Morgan fingerprint density at radius 3 is 2.75 bits per heavy atom. The van der Waals surface area contributed by atoms with Crippen molar-refractivity contribution in [1.82, 2.24) is 0 Å². The molecule has 0 aliphatic carbocycles. The largest absolute Gasteiger partial charge is 0.458 e. The SMILES string of the molecule is O=C1O[C@H](CO)C[C@@H]1OCc1ccccc1. The summed E-state index contributed by atoms with van der Waals surface area (Å²) in [6.45, 7) is 0.246. The van der Waals surface area contributed by atoms with Gasteiger partial charge < -0.3 is 14.6 Å². The van der Waals surface area contributed by atoms with E-state index in [9.17, 15) is 4.79 Å². The first-order valence-electron chi connectivity index (χ1n) is 5.26. The smallest absolute Gasteiger partial charge is 0.335 e. The highest BCUT2D eigenvalue weighted by molar-refractivity contribution is 5.76. The van der Waals surface area contributed by atoms with Crippen LogP contribution in [-0.2, 0) is 20.9 Å². The molecule has 1 N–H and O–H groups in total. The maximum absolute atomic E-state index is 11.3. The first-order valence-corrected chi connectivity index (χ1v) is 5.26. The number of aliphatic hydroxyl groups is 1. The van der Waals surface area contributed by atoms with Gasteiger partial charge in [0.25, 0.3) is 0 Å². The van der Waals surface area contributed by atoms with E-state index in [0.717, 1.165) is 5.56 Å². The highest BCUT2D eigenvalue weighted by Crippen LogP contribution is 2.18. The second-order valence-corrected chi connectivity index (χ2v) is 3.76. The van der Waals surface area contributed by atoms with Crippen LogP contribution in [0.5, 0.6) is 0 Å². The molecule has 4 heteroatoms. The summed E-state index contributed by atoms with van der Waals surface area (Å²) in [5.41, 5.74) is 1.02. The molecule has 0 unspecified atom stereocenters. The molecule has 0 radical (unpaired) electrons. The fourth-order valence-corrected chi connectivity index (χ4v) is 1.64. The second-order valence-electron chi connectivity index (χ2n) is 3.76. The lowest BCUT2D eigenvalue weighted by Gasteiger charge is -2.07. The predicted molar refractivity (Wildman–Crippen MR) is 56.6 cm³/mol. The summed E-state index contributed by atoms with van der Waals surface area (Å²) < 4.78 is 10.3. The average Bonchev–Trinajstić information content (AvgIpc) is 2.69. The molecule has 4 nitrogen and oxygen atoms in total. The van der Waals surface area contributed by atoms with Gasteiger partial charge in [0.2, 0.25) is 0 Å². The van der Waals surface area contributed by atoms with E-state index in [0.29, 0.717) is 13.0 Å². The van der Waals surface area contributed by atoms with Crippen molar-refractivity contribution in [2.75, 3.05) is 6.61 Å². The van der Waals surface area contributed by atoms with Crippen LogP contribution in [0.4, 0.5) is 0 Å². The lowest BCUT2D eigenvalue weighted by Crippen LogP contribution is -2.18. The molecule has 1 aromatic carbocycles. The summed E-state index contributed by atoms with van der Waals surface area (Å²) in [4.78, 5) is 11.3. The van der Waals surface area contributed by atoms with Gasteiger partial charge in [-0.15, -0.1) is 0 Å². The van der Waals surface area contributed by atoms with Gasteiger partial charge in [0.1, 0.15) is 6.10 Å². The molecule has 1 aliphatic heterocycles. The first-order chi connectivity index (χ1) is 7.79. The van der Waals surface area contributed by atoms with E-state index in [1.807, 2.05) is 30.3 Å². The highest BCUT2D eigenvalue weighted by Gasteiger charge is 2.34. The Morgan fingerprint density at radius 2 is 2.12 bits per heavy atom. The van der Waals surface area contributed by atoms with Crippen LogP contribution in [0, 0.1) is 0 Å². The quantitative estimate of drug-likeness (QED) is 0.768. The average molecular weight is 222 g/mol. The van der Waals surface area contributed by atoms with Crippen LogP contribution in [0.3, 0.4) is 0 Å². The van der Waals surface area contributed by atoms with Gasteiger partial charge in [-0.1, -0.05) is 30.3 Å². The molecule has 0 saturated carbocycles. The third kappa shape index (κ3) is 2.59. The maximum atomic E-state index is 11.3. The normalized spacial score (nSPS) is 24.4. The summed E-state index contributed by atoms with van der Waals surface area (Å²) in [7, 11) is 0. The zero-order valence-electron chi connectivity index (χ0n) is 8.83. The first kappa shape index (κ1) is 11.1. The third-order valence-corrected chi connectivity index (χ3v) is 2.52. The molecule has 86 valence electrons. The minimum absolute atomic E-state index is 0.142. The summed E-state index contributed by atoms with van der Waals surface area (Å²) >= 11 is 0. The van der Waals surface area contributed by atoms with Crippen LogP contribution in [0.1, 0.15) is 12.0 Å². The standard InChI is InChI=1S/C12H14O4/c13-7-10-6-11(12(14)16-10)15-8-9-4-2-1-3-5-9/h1-5,10-11,13H,6-8H2/t10-,11-/m0/s1. The van der Waals surface area contributed by atoms with Gasteiger partial charge in [-0.3, -0.25) is 0 Å². The fraction of sp³-hybridized carbons (Fsp3) is 0.417. The van der Waals surface area contributed by atoms with Crippen molar-refractivity contribution >= 4 is 5.97 Å². The molecule has 0 bridgehead atoms. The van der Waals surface area contributed by atoms with Crippen molar-refractivity contribution in [1.29, 1.82) is 0 Å². The minimum atomic E-state index is -0.544. The molecule has 1 saturated heterocycles. The zero-order valence-corrected chi connectivity index (χ0v) is 8.83. The van der Waals surface area contributed by atoms with Gasteiger partial charge >= 0.3 is 5.97 Å². The van der Waals surface area contributed by atoms with Gasteiger partial charge in [-0.2, -0.15) is 0 Å². The lowest BCUT2D eigenvalue weighted by atomic mass is 10.2. The molecule has 2 atom stereocenters. The summed E-state index contributed by atoms with van der Waals surface area (Å²) in [5, 5.41) is 8.85. The second kappa shape index (κ2) is 5.09. The molecule has 0 spiro atoms. The van der Waals surface area contributed by atoms with E-state index in [2.05, 4.69) is 0 Å². The Balaban J connectivity index is 1.85. The fourth-order valence-electron chi connectivity index (χ4n) is 1.64. The van der Waals surface area contributed by atoms with Gasteiger partial charge in [0.05, 0.1) is 13.2 Å². The van der Waals surface area contributed by atoms with Crippen LogP contribution < -0.4 is 0 Å². The summed E-state index contributed by atoms with van der Waals surface area (Å²) in [6.07, 6.45) is -0.520. The van der Waals surface area contributed by atoms with Crippen molar-refractivity contribution in [3.63, 3.8) is 0 Å². The Kier molecular flexibility index (Phi) is 3.54. The number of benzene rings is 1. The molecule has 1 aromatic rings. The zero-order chi connectivity index (χ0) is 11.4. The predicted octanol–water partition coefficient (Wildman–Crippen LogP) is 0.880. The van der Waals surface area contributed by atoms with Gasteiger partial charge in [0, 0.05) is 6.42 Å². The molecule has 1 fully saturated rings. The number of hydrogen-bond acceptors (Lipinski definition) is 4. The molecule has 1 aliphatic rings. The van der Waals surface area contributed by atoms with Crippen molar-refractivity contribution in [2.24, 2.45) is 0 Å². The Labute approximate surface area is 93.8 Å². The number of carbonyl (C=O) groups is 1. The summed E-state index contributed by atoms with van der Waals surface area (Å²) in [5.74, 6) is -0.380. The highest BCUT2D eigenvalue weighted by atomic mass is 16.6. The Morgan fingerprint density at radius 1 is 1.38 bits per heavy atom. The number of ether oxygens (including phenoxy) is 2. The lowest BCUT2D eigenvalue weighted by molar-refractivity contribution is -0.151. The van der Waals surface area contributed by atoms with Crippen LogP contribution in [0.15, 0.2) is 30.3 Å². The molecular weight excluding hydrogens is 208 g/mol. The molecular formula is C12H14O4. The third-order valence-electron chi connectivity index (χ3n) is 2.52.